The van der Waals surface area contributed by atoms with E-state index in [1.807, 2.05) is 32.0 Å². The lowest BCUT2D eigenvalue weighted by atomic mass is 10.1. The Labute approximate surface area is 117 Å². The van der Waals surface area contributed by atoms with Gasteiger partial charge in [0.2, 0.25) is 0 Å². The molecule has 2 aromatic carbocycles. The second-order valence-corrected chi connectivity index (χ2v) is 4.92. The fraction of sp³-hybridized carbons (Fsp3) is 0.133. The molecule has 0 fully saturated rings. The summed E-state index contributed by atoms with van der Waals surface area (Å²) in [5.74, 6) is -0.173. The SMILES string of the molecule is Cc1ccc(C)c(C(=O)Nc2ccc(N)cc2Cl)c1. The standard InChI is InChI=1S/C15H15ClN2O/c1-9-3-4-10(2)12(7-9)15(19)18-14-6-5-11(17)8-13(14)16/h3-8H,17H2,1-2H3,(H,18,19). The van der Waals surface area contributed by atoms with E-state index >= 15 is 0 Å². The summed E-state index contributed by atoms with van der Waals surface area (Å²) in [4.78, 5) is 12.2. The first-order chi connectivity index (χ1) is 8.97. The van der Waals surface area contributed by atoms with Crippen molar-refractivity contribution >= 4 is 28.9 Å². The molecule has 0 saturated carbocycles. The van der Waals surface area contributed by atoms with Crippen molar-refractivity contribution in [2.45, 2.75) is 13.8 Å². The molecule has 0 aliphatic heterocycles. The summed E-state index contributed by atoms with van der Waals surface area (Å²) < 4.78 is 0. The Hall–Kier alpha value is -2.00. The van der Waals surface area contributed by atoms with Gasteiger partial charge >= 0.3 is 0 Å². The van der Waals surface area contributed by atoms with Gasteiger partial charge in [-0.1, -0.05) is 29.3 Å². The third-order valence-corrected chi connectivity index (χ3v) is 3.19. The highest BCUT2D eigenvalue weighted by Crippen LogP contribution is 2.25. The van der Waals surface area contributed by atoms with Crippen molar-refractivity contribution < 1.29 is 4.79 Å². The van der Waals surface area contributed by atoms with E-state index in [0.717, 1.165) is 11.1 Å². The second kappa shape index (κ2) is 5.33. The quantitative estimate of drug-likeness (QED) is 0.819. The molecular weight excluding hydrogens is 260 g/mol. The number of hydrogen-bond donors (Lipinski definition) is 2. The third-order valence-electron chi connectivity index (χ3n) is 2.88. The van der Waals surface area contributed by atoms with E-state index in [-0.39, 0.29) is 5.91 Å². The van der Waals surface area contributed by atoms with Crippen LogP contribution in [0, 0.1) is 13.8 Å². The van der Waals surface area contributed by atoms with E-state index in [4.69, 9.17) is 17.3 Å². The van der Waals surface area contributed by atoms with Gasteiger partial charge in [0, 0.05) is 11.3 Å². The lowest BCUT2D eigenvalue weighted by molar-refractivity contribution is 0.102. The zero-order chi connectivity index (χ0) is 14.0. The molecule has 0 atom stereocenters. The van der Waals surface area contributed by atoms with Gasteiger partial charge in [-0.15, -0.1) is 0 Å². The lowest BCUT2D eigenvalue weighted by Crippen LogP contribution is -2.14. The fourth-order valence-corrected chi connectivity index (χ4v) is 2.04. The first-order valence-corrected chi connectivity index (χ1v) is 6.29. The average Bonchev–Trinajstić information content (AvgIpc) is 2.35. The fourth-order valence-electron chi connectivity index (χ4n) is 1.80. The molecule has 0 unspecified atom stereocenters. The van der Waals surface area contributed by atoms with Gasteiger partial charge in [-0.3, -0.25) is 4.79 Å². The number of aryl methyl sites for hydroxylation is 2. The summed E-state index contributed by atoms with van der Waals surface area (Å²) in [6, 6.07) is 10.8. The summed E-state index contributed by atoms with van der Waals surface area (Å²) >= 11 is 6.04. The zero-order valence-corrected chi connectivity index (χ0v) is 11.6. The summed E-state index contributed by atoms with van der Waals surface area (Å²) in [5, 5.41) is 3.22. The summed E-state index contributed by atoms with van der Waals surface area (Å²) in [6.45, 7) is 3.85. The zero-order valence-electron chi connectivity index (χ0n) is 10.8. The van der Waals surface area contributed by atoms with Gasteiger partial charge in [0.1, 0.15) is 0 Å². The number of halogens is 1. The number of benzene rings is 2. The molecule has 0 bridgehead atoms. The van der Waals surface area contributed by atoms with Crippen LogP contribution in [0.4, 0.5) is 11.4 Å². The van der Waals surface area contributed by atoms with Gasteiger partial charge in [0.25, 0.3) is 5.91 Å². The van der Waals surface area contributed by atoms with E-state index in [0.29, 0.717) is 22.0 Å². The van der Waals surface area contributed by atoms with Gasteiger partial charge in [0.05, 0.1) is 10.7 Å². The molecule has 0 aliphatic carbocycles. The minimum absolute atomic E-state index is 0.173. The number of carbonyl (C=O) groups is 1. The highest BCUT2D eigenvalue weighted by atomic mass is 35.5. The largest absolute Gasteiger partial charge is 0.399 e. The van der Waals surface area contributed by atoms with Crippen LogP contribution in [-0.2, 0) is 0 Å². The monoisotopic (exact) mass is 274 g/mol. The van der Waals surface area contributed by atoms with Crippen molar-refractivity contribution in [1.82, 2.24) is 0 Å². The predicted molar refractivity (Wildman–Crippen MR) is 79.7 cm³/mol. The van der Waals surface area contributed by atoms with Crippen LogP contribution < -0.4 is 11.1 Å². The predicted octanol–water partition coefficient (Wildman–Crippen LogP) is 3.79. The van der Waals surface area contributed by atoms with Crippen molar-refractivity contribution in [2.75, 3.05) is 11.1 Å². The molecule has 0 saturated heterocycles. The highest BCUT2D eigenvalue weighted by Gasteiger charge is 2.11. The van der Waals surface area contributed by atoms with Crippen molar-refractivity contribution in [3.8, 4) is 0 Å². The molecule has 0 aliphatic rings. The van der Waals surface area contributed by atoms with E-state index in [9.17, 15) is 4.79 Å². The van der Waals surface area contributed by atoms with Crippen molar-refractivity contribution in [3.63, 3.8) is 0 Å². The van der Waals surface area contributed by atoms with Gasteiger partial charge in [-0.25, -0.2) is 0 Å². The van der Waals surface area contributed by atoms with Crippen LogP contribution in [0.2, 0.25) is 5.02 Å². The lowest BCUT2D eigenvalue weighted by Gasteiger charge is -2.10. The van der Waals surface area contributed by atoms with Crippen LogP contribution in [-0.4, -0.2) is 5.91 Å². The minimum atomic E-state index is -0.173. The Kier molecular flexibility index (Phi) is 3.76. The smallest absolute Gasteiger partial charge is 0.255 e. The number of rotatable bonds is 2. The Bertz CT molecular complexity index is 638. The second-order valence-electron chi connectivity index (χ2n) is 4.51. The molecule has 19 heavy (non-hydrogen) atoms. The summed E-state index contributed by atoms with van der Waals surface area (Å²) in [7, 11) is 0. The minimum Gasteiger partial charge on any atom is -0.399 e. The Morgan fingerprint density at radius 2 is 1.89 bits per heavy atom. The van der Waals surface area contributed by atoms with Crippen LogP contribution in [0.25, 0.3) is 0 Å². The molecule has 2 rings (SSSR count). The molecule has 0 aromatic heterocycles. The number of nitrogens with one attached hydrogen (secondary N) is 1. The van der Waals surface area contributed by atoms with Crippen LogP contribution in [0.5, 0.6) is 0 Å². The molecule has 98 valence electrons. The van der Waals surface area contributed by atoms with Crippen molar-refractivity contribution in [2.24, 2.45) is 0 Å². The van der Waals surface area contributed by atoms with Gasteiger partial charge in [-0.2, -0.15) is 0 Å². The molecule has 0 spiro atoms. The Balaban J connectivity index is 2.28. The van der Waals surface area contributed by atoms with Crippen LogP contribution in [0.15, 0.2) is 36.4 Å². The normalized spacial score (nSPS) is 10.3. The number of anilines is 2. The molecule has 4 heteroatoms. The van der Waals surface area contributed by atoms with Crippen LogP contribution in [0.1, 0.15) is 21.5 Å². The van der Waals surface area contributed by atoms with Crippen LogP contribution >= 0.6 is 11.6 Å². The van der Waals surface area contributed by atoms with Crippen molar-refractivity contribution in [1.29, 1.82) is 0 Å². The Morgan fingerprint density at radius 3 is 2.58 bits per heavy atom. The molecule has 3 N–H and O–H groups in total. The third kappa shape index (κ3) is 3.06. The van der Waals surface area contributed by atoms with Gasteiger partial charge < -0.3 is 11.1 Å². The first kappa shape index (κ1) is 13.4. The molecule has 3 nitrogen and oxygen atoms in total. The van der Waals surface area contributed by atoms with Gasteiger partial charge in [0.15, 0.2) is 0 Å². The molecule has 2 aromatic rings. The number of nitrogens with two attached hydrogens (primary N) is 1. The Morgan fingerprint density at radius 1 is 1.16 bits per heavy atom. The topological polar surface area (TPSA) is 55.1 Å². The van der Waals surface area contributed by atoms with Crippen LogP contribution in [0.3, 0.4) is 0 Å². The van der Waals surface area contributed by atoms with E-state index in [2.05, 4.69) is 5.32 Å². The van der Waals surface area contributed by atoms with Crippen molar-refractivity contribution in [3.05, 3.63) is 58.1 Å². The molecular formula is C15H15ClN2O. The first-order valence-electron chi connectivity index (χ1n) is 5.91. The maximum atomic E-state index is 12.2. The maximum absolute atomic E-state index is 12.2. The highest BCUT2D eigenvalue weighted by molar-refractivity contribution is 6.34. The average molecular weight is 275 g/mol. The van der Waals surface area contributed by atoms with E-state index < -0.39 is 0 Å². The number of hydrogen-bond acceptors (Lipinski definition) is 2. The van der Waals surface area contributed by atoms with E-state index in [1.54, 1.807) is 18.2 Å². The summed E-state index contributed by atoms with van der Waals surface area (Å²) in [5.41, 5.74) is 9.35. The molecule has 0 radical (unpaired) electrons. The summed E-state index contributed by atoms with van der Waals surface area (Å²) in [6.07, 6.45) is 0. The molecule has 0 heterocycles. The van der Waals surface area contributed by atoms with Gasteiger partial charge in [-0.05, 0) is 43.7 Å². The number of amides is 1. The number of carbonyl (C=O) groups excluding carboxylic acids is 1. The maximum Gasteiger partial charge on any atom is 0.255 e. The van der Waals surface area contributed by atoms with E-state index in [1.165, 1.54) is 0 Å². The number of nitrogen functional groups attached to an aromatic ring is 1. The molecule has 1 amide bonds.